The van der Waals surface area contributed by atoms with Crippen LogP contribution in [0.2, 0.25) is 0 Å². The van der Waals surface area contributed by atoms with Crippen molar-refractivity contribution in [1.82, 2.24) is 19.3 Å². The van der Waals surface area contributed by atoms with E-state index in [1.165, 1.54) is 6.33 Å². The predicted molar refractivity (Wildman–Crippen MR) is 128 cm³/mol. The van der Waals surface area contributed by atoms with E-state index in [9.17, 15) is 8.42 Å². The number of nitrogens with one attached hydrogen (secondary N) is 1. The molecule has 33 heavy (non-hydrogen) atoms. The molecule has 8 nitrogen and oxygen atoms in total. The first kappa shape index (κ1) is 21.2. The van der Waals surface area contributed by atoms with Crippen molar-refractivity contribution in [2.24, 2.45) is 0 Å². The van der Waals surface area contributed by atoms with E-state index in [1.807, 2.05) is 59.2 Å². The second-order valence-electron chi connectivity index (χ2n) is 7.89. The average molecular weight is 462 g/mol. The van der Waals surface area contributed by atoms with Crippen molar-refractivity contribution >= 4 is 26.9 Å². The first-order valence-corrected chi connectivity index (χ1v) is 12.1. The van der Waals surface area contributed by atoms with Gasteiger partial charge in [0.2, 0.25) is 10.0 Å². The highest BCUT2D eigenvalue weighted by Crippen LogP contribution is 2.40. The normalized spacial score (nSPS) is 15.8. The fourth-order valence-corrected chi connectivity index (χ4v) is 5.08. The average Bonchev–Trinajstić information content (AvgIpc) is 3.15. The van der Waals surface area contributed by atoms with Crippen molar-refractivity contribution < 1.29 is 13.2 Å². The number of para-hydroxylation sites is 1. The Morgan fingerprint density at radius 2 is 1.82 bits per heavy atom. The summed E-state index contributed by atoms with van der Waals surface area (Å²) in [6, 6.07) is 17.2. The first-order valence-electron chi connectivity index (χ1n) is 10.5. The number of aromatic nitrogens is 3. The summed E-state index contributed by atoms with van der Waals surface area (Å²) in [6.45, 7) is 3.83. The molecule has 1 aliphatic rings. The summed E-state index contributed by atoms with van der Waals surface area (Å²) in [4.78, 5) is 8.68. The van der Waals surface area contributed by atoms with Gasteiger partial charge >= 0.3 is 0 Å². The van der Waals surface area contributed by atoms with Crippen LogP contribution in [0, 0.1) is 0 Å². The molecule has 9 heteroatoms. The number of benzene rings is 2. The SMILES string of the molecule is C=CS(=O)(=O)N[C@@H]1CCc2c(-c3ccc(Oc4ccccc4)cc3)c3c(N)ncnc3n2C1. The van der Waals surface area contributed by atoms with Gasteiger partial charge in [-0.05, 0) is 42.7 Å². The maximum Gasteiger partial charge on any atom is 0.233 e. The summed E-state index contributed by atoms with van der Waals surface area (Å²) >= 11 is 0. The molecule has 0 fully saturated rings. The minimum Gasteiger partial charge on any atom is -0.457 e. The van der Waals surface area contributed by atoms with Gasteiger partial charge in [0.15, 0.2) is 0 Å². The van der Waals surface area contributed by atoms with Crippen LogP contribution in [0.25, 0.3) is 22.2 Å². The molecule has 1 aliphatic heterocycles. The van der Waals surface area contributed by atoms with E-state index in [0.717, 1.165) is 39.1 Å². The highest BCUT2D eigenvalue weighted by molar-refractivity contribution is 7.92. The number of ether oxygens (including phenoxy) is 1. The quantitative estimate of drug-likeness (QED) is 0.451. The third-order valence-electron chi connectivity index (χ3n) is 5.78. The van der Waals surface area contributed by atoms with Crippen molar-refractivity contribution in [3.63, 3.8) is 0 Å². The van der Waals surface area contributed by atoms with Crippen LogP contribution in [0.4, 0.5) is 5.82 Å². The molecule has 0 amide bonds. The van der Waals surface area contributed by atoms with Crippen LogP contribution < -0.4 is 15.2 Å². The summed E-state index contributed by atoms with van der Waals surface area (Å²) in [7, 11) is -3.53. The molecule has 0 saturated heterocycles. The van der Waals surface area contributed by atoms with E-state index in [-0.39, 0.29) is 6.04 Å². The second kappa shape index (κ2) is 8.34. The van der Waals surface area contributed by atoms with Gasteiger partial charge in [-0.2, -0.15) is 0 Å². The van der Waals surface area contributed by atoms with Crippen LogP contribution in [0.3, 0.4) is 0 Å². The van der Waals surface area contributed by atoms with Crippen molar-refractivity contribution in [3.8, 4) is 22.6 Å². The lowest BCUT2D eigenvalue weighted by Gasteiger charge is -2.26. The molecule has 2 aromatic carbocycles. The van der Waals surface area contributed by atoms with E-state index in [1.54, 1.807) is 0 Å². The minimum atomic E-state index is -3.53. The maximum absolute atomic E-state index is 12.0. The molecule has 2 aromatic heterocycles. The van der Waals surface area contributed by atoms with E-state index < -0.39 is 10.0 Å². The number of nitrogens with zero attached hydrogens (tertiary/aromatic N) is 3. The molecule has 3 heterocycles. The van der Waals surface area contributed by atoms with Crippen molar-refractivity contribution in [1.29, 1.82) is 0 Å². The Labute approximate surface area is 191 Å². The minimum absolute atomic E-state index is 0.262. The highest BCUT2D eigenvalue weighted by atomic mass is 32.2. The van der Waals surface area contributed by atoms with Gasteiger partial charge in [-0.15, -0.1) is 0 Å². The summed E-state index contributed by atoms with van der Waals surface area (Å²) in [6.07, 6.45) is 2.75. The topological polar surface area (TPSA) is 112 Å². The molecular weight excluding hydrogens is 438 g/mol. The molecule has 168 valence electrons. The zero-order valence-electron chi connectivity index (χ0n) is 17.8. The van der Waals surface area contributed by atoms with E-state index in [0.29, 0.717) is 30.9 Å². The Balaban J connectivity index is 1.54. The van der Waals surface area contributed by atoms with Crippen LogP contribution in [0.1, 0.15) is 12.1 Å². The van der Waals surface area contributed by atoms with Crippen molar-refractivity contribution in [3.05, 3.63) is 78.6 Å². The number of fused-ring (bicyclic) bond motifs is 3. The lowest BCUT2D eigenvalue weighted by atomic mass is 9.97. The summed E-state index contributed by atoms with van der Waals surface area (Å²) in [5, 5.41) is 1.71. The van der Waals surface area contributed by atoms with Gasteiger partial charge in [0.05, 0.1) is 5.39 Å². The maximum atomic E-state index is 12.0. The predicted octanol–water partition coefficient (Wildman–Crippen LogP) is 3.85. The van der Waals surface area contributed by atoms with E-state index in [4.69, 9.17) is 10.5 Å². The molecule has 3 N–H and O–H groups in total. The Kier molecular flexibility index (Phi) is 5.35. The number of hydrogen-bond donors (Lipinski definition) is 2. The molecule has 0 saturated carbocycles. The third-order valence-corrected chi connectivity index (χ3v) is 6.88. The lowest BCUT2D eigenvalue weighted by Crippen LogP contribution is -2.40. The number of anilines is 1. The van der Waals surface area contributed by atoms with E-state index in [2.05, 4.69) is 21.3 Å². The standard InChI is InChI=1S/C24H23N5O3S/c1-2-33(30,31)28-17-10-13-20-21(22-23(25)26-15-27-24(22)29(20)14-17)16-8-11-19(12-9-16)32-18-6-4-3-5-7-18/h2-9,11-12,15,17,28H,1,10,13-14H2,(H2,25,26,27)/t17-/m1/s1. The zero-order chi connectivity index (χ0) is 23.0. The van der Waals surface area contributed by atoms with Crippen LogP contribution in [-0.2, 0) is 23.0 Å². The summed E-state index contributed by atoms with van der Waals surface area (Å²) in [5.74, 6) is 1.89. The highest BCUT2D eigenvalue weighted by Gasteiger charge is 2.29. The fraction of sp³-hybridized carbons (Fsp3) is 0.167. The van der Waals surface area contributed by atoms with Crippen molar-refractivity contribution in [2.75, 3.05) is 5.73 Å². The van der Waals surface area contributed by atoms with Gasteiger partial charge in [0.1, 0.15) is 29.3 Å². The monoisotopic (exact) mass is 461 g/mol. The molecule has 5 rings (SSSR count). The van der Waals surface area contributed by atoms with Crippen LogP contribution in [0.15, 0.2) is 72.9 Å². The number of rotatable bonds is 6. The Hall–Kier alpha value is -3.69. The molecule has 0 aliphatic carbocycles. The number of nitrogens with two attached hydrogens (primary N) is 1. The largest absolute Gasteiger partial charge is 0.457 e. The molecule has 0 spiro atoms. The fourth-order valence-electron chi connectivity index (χ4n) is 4.32. The van der Waals surface area contributed by atoms with Gasteiger partial charge in [0.25, 0.3) is 0 Å². The number of sulfonamides is 1. The Morgan fingerprint density at radius 1 is 1.09 bits per heavy atom. The Morgan fingerprint density at radius 3 is 2.55 bits per heavy atom. The number of hydrogen-bond acceptors (Lipinski definition) is 6. The number of nitrogen functional groups attached to an aromatic ring is 1. The molecular formula is C24H23N5O3S. The second-order valence-corrected chi connectivity index (χ2v) is 9.55. The van der Waals surface area contributed by atoms with Gasteiger partial charge in [0, 0.05) is 29.3 Å². The van der Waals surface area contributed by atoms with Gasteiger partial charge in [-0.3, -0.25) is 0 Å². The smallest absolute Gasteiger partial charge is 0.233 e. The summed E-state index contributed by atoms with van der Waals surface area (Å²) < 4.78 is 34.6. The third kappa shape index (κ3) is 4.08. The van der Waals surface area contributed by atoms with Crippen LogP contribution >= 0.6 is 0 Å². The van der Waals surface area contributed by atoms with Gasteiger partial charge < -0.3 is 15.0 Å². The first-order chi connectivity index (χ1) is 15.9. The van der Waals surface area contributed by atoms with Gasteiger partial charge in [-0.1, -0.05) is 36.9 Å². The Bertz CT molecular complexity index is 1430. The van der Waals surface area contributed by atoms with Crippen LogP contribution in [0.5, 0.6) is 11.5 Å². The van der Waals surface area contributed by atoms with E-state index >= 15 is 0 Å². The summed E-state index contributed by atoms with van der Waals surface area (Å²) in [5.41, 5.74) is 9.98. The van der Waals surface area contributed by atoms with Gasteiger partial charge in [-0.25, -0.2) is 23.1 Å². The molecule has 0 unspecified atom stereocenters. The van der Waals surface area contributed by atoms with Crippen LogP contribution in [-0.4, -0.2) is 29.0 Å². The lowest BCUT2D eigenvalue weighted by molar-refractivity contribution is 0.435. The molecule has 1 atom stereocenters. The zero-order valence-corrected chi connectivity index (χ0v) is 18.6. The molecule has 4 aromatic rings. The van der Waals surface area contributed by atoms with Crippen molar-refractivity contribution in [2.45, 2.75) is 25.4 Å². The molecule has 0 radical (unpaired) electrons. The molecule has 0 bridgehead atoms.